The zero-order valence-corrected chi connectivity index (χ0v) is 16.2. The zero-order chi connectivity index (χ0) is 19.8. The minimum absolute atomic E-state index is 0.00738. The van der Waals surface area contributed by atoms with Crippen molar-refractivity contribution in [2.75, 3.05) is 11.9 Å². The van der Waals surface area contributed by atoms with Gasteiger partial charge in [-0.1, -0.05) is 78.9 Å². The molecular formula is C24H25N3O. The number of nitrogens with one attached hydrogen (secondary N) is 2. The van der Waals surface area contributed by atoms with Gasteiger partial charge in [0, 0.05) is 17.3 Å². The number of hydrogen-bond donors (Lipinski definition) is 2. The van der Waals surface area contributed by atoms with E-state index in [0.717, 1.165) is 28.1 Å². The number of rotatable bonds is 7. The number of aryl methyl sites for hydroxylation is 1. The third kappa shape index (κ3) is 5.07. The molecule has 0 aliphatic rings. The highest BCUT2D eigenvalue weighted by molar-refractivity contribution is 5.93. The second kappa shape index (κ2) is 9.51. The van der Waals surface area contributed by atoms with Crippen molar-refractivity contribution in [1.82, 2.24) is 5.43 Å². The lowest BCUT2D eigenvalue weighted by molar-refractivity contribution is -0.119. The van der Waals surface area contributed by atoms with E-state index in [1.54, 1.807) is 0 Å². The summed E-state index contributed by atoms with van der Waals surface area (Å²) in [4.78, 5) is 12.2. The highest BCUT2D eigenvalue weighted by Gasteiger charge is 2.17. The zero-order valence-electron chi connectivity index (χ0n) is 16.2. The third-order valence-corrected chi connectivity index (χ3v) is 4.63. The van der Waals surface area contributed by atoms with E-state index >= 15 is 0 Å². The Labute approximate surface area is 166 Å². The molecule has 0 bridgehead atoms. The fourth-order valence-electron chi connectivity index (χ4n) is 3.17. The summed E-state index contributed by atoms with van der Waals surface area (Å²) < 4.78 is 0. The molecule has 0 saturated heterocycles. The molecule has 142 valence electrons. The van der Waals surface area contributed by atoms with E-state index in [2.05, 4.69) is 40.1 Å². The molecule has 0 aromatic heterocycles. The molecule has 0 fully saturated rings. The molecular weight excluding hydrogens is 346 g/mol. The first kappa shape index (κ1) is 19.4. The van der Waals surface area contributed by atoms with Crippen LogP contribution in [0.4, 0.5) is 5.69 Å². The normalized spacial score (nSPS) is 11.3. The van der Waals surface area contributed by atoms with Crippen LogP contribution in [0.1, 0.15) is 29.5 Å². The Morgan fingerprint density at radius 3 is 1.96 bits per heavy atom. The Kier molecular flexibility index (Phi) is 6.58. The first-order valence-corrected chi connectivity index (χ1v) is 9.37. The predicted molar refractivity (Wildman–Crippen MR) is 116 cm³/mol. The van der Waals surface area contributed by atoms with E-state index in [9.17, 15) is 4.79 Å². The maximum absolute atomic E-state index is 12.2. The number of para-hydroxylation sites is 1. The second-order valence-electron chi connectivity index (χ2n) is 6.71. The van der Waals surface area contributed by atoms with Gasteiger partial charge in [0.25, 0.3) is 5.91 Å². The van der Waals surface area contributed by atoms with Crippen LogP contribution in [0, 0.1) is 6.92 Å². The van der Waals surface area contributed by atoms with Crippen LogP contribution in [-0.4, -0.2) is 18.2 Å². The maximum atomic E-state index is 12.2. The first-order valence-electron chi connectivity index (χ1n) is 9.37. The number of carbonyl (C=O) groups is 1. The molecule has 0 heterocycles. The van der Waals surface area contributed by atoms with Crippen LogP contribution < -0.4 is 10.7 Å². The molecule has 3 rings (SSSR count). The molecule has 0 aliphatic carbocycles. The van der Waals surface area contributed by atoms with E-state index < -0.39 is 0 Å². The average molecular weight is 371 g/mol. The molecule has 0 radical (unpaired) electrons. The minimum atomic E-state index is -0.178. The van der Waals surface area contributed by atoms with Crippen LogP contribution in [0.5, 0.6) is 0 Å². The van der Waals surface area contributed by atoms with Crippen molar-refractivity contribution in [2.45, 2.75) is 19.8 Å². The van der Waals surface area contributed by atoms with Crippen LogP contribution in [-0.2, 0) is 4.79 Å². The number of anilines is 1. The Morgan fingerprint density at radius 1 is 0.857 bits per heavy atom. The average Bonchev–Trinajstić information content (AvgIpc) is 2.73. The maximum Gasteiger partial charge on any atom is 0.259 e. The highest BCUT2D eigenvalue weighted by Crippen LogP contribution is 2.26. The molecule has 3 aromatic carbocycles. The van der Waals surface area contributed by atoms with Crippen molar-refractivity contribution in [3.63, 3.8) is 0 Å². The summed E-state index contributed by atoms with van der Waals surface area (Å²) >= 11 is 0. The van der Waals surface area contributed by atoms with Gasteiger partial charge in [-0.25, -0.2) is 5.43 Å². The van der Waals surface area contributed by atoms with Gasteiger partial charge in [0.1, 0.15) is 0 Å². The lowest BCUT2D eigenvalue weighted by Crippen LogP contribution is -2.27. The van der Waals surface area contributed by atoms with Gasteiger partial charge in [-0.05, 0) is 36.6 Å². The van der Waals surface area contributed by atoms with Crippen LogP contribution in [0.2, 0.25) is 0 Å². The van der Waals surface area contributed by atoms with E-state index in [1.165, 1.54) is 0 Å². The Hall–Kier alpha value is -3.40. The molecule has 1 amide bonds. The summed E-state index contributed by atoms with van der Waals surface area (Å²) in [5.41, 5.74) is 7.84. The Balaban J connectivity index is 1.70. The molecule has 2 N–H and O–H groups in total. The summed E-state index contributed by atoms with van der Waals surface area (Å²) in [5, 5.41) is 7.54. The number of carbonyl (C=O) groups excluding carboxylic acids is 1. The Bertz CT molecular complexity index is 897. The van der Waals surface area contributed by atoms with E-state index in [1.807, 2.05) is 74.5 Å². The summed E-state index contributed by atoms with van der Waals surface area (Å²) in [6.45, 7) is 4.12. The lowest BCUT2D eigenvalue weighted by Gasteiger charge is -2.18. The molecule has 3 aromatic rings. The van der Waals surface area contributed by atoms with Crippen molar-refractivity contribution < 1.29 is 4.79 Å². The monoisotopic (exact) mass is 371 g/mol. The van der Waals surface area contributed by atoms with E-state index in [-0.39, 0.29) is 18.4 Å². The van der Waals surface area contributed by atoms with Gasteiger partial charge in [0.2, 0.25) is 0 Å². The number of hydrazone groups is 1. The SMILES string of the molecule is C/C(=N\NC(=O)CNc1ccccc1C)C(c1ccccc1)c1ccccc1. The van der Waals surface area contributed by atoms with Crippen molar-refractivity contribution in [1.29, 1.82) is 0 Å². The number of hydrogen-bond acceptors (Lipinski definition) is 3. The summed E-state index contributed by atoms with van der Waals surface area (Å²) in [7, 11) is 0. The standard InChI is InChI=1S/C24H25N3O/c1-18-11-9-10-16-22(18)25-17-23(28)27-26-19(2)24(20-12-5-3-6-13-20)21-14-7-4-8-15-21/h3-16,24-25H,17H2,1-2H3,(H,27,28)/b26-19+. The van der Waals surface area contributed by atoms with Crippen molar-refractivity contribution in [3.05, 3.63) is 102 Å². The van der Waals surface area contributed by atoms with E-state index in [4.69, 9.17) is 0 Å². The van der Waals surface area contributed by atoms with Crippen molar-refractivity contribution >= 4 is 17.3 Å². The minimum Gasteiger partial charge on any atom is -0.376 e. The molecule has 0 spiro atoms. The summed E-state index contributed by atoms with van der Waals surface area (Å²) in [6.07, 6.45) is 0. The number of nitrogens with zero attached hydrogens (tertiary/aromatic N) is 1. The molecule has 0 saturated carbocycles. The second-order valence-corrected chi connectivity index (χ2v) is 6.71. The number of benzene rings is 3. The quantitative estimate of drug-likeness (QED) is 0.466. The molecule has 0 aliphatic heterocycles. The molecule has 4 heteroatoms. The van der Waals surface area contributed by atoms with Crippen molar-refractivity contribution in [2.24, 2.45) is 5.10 Å². The van der Waals surface area contributed by atoms with E-state index in [0.29, 0.717) is 0 Å². The van der Waals surface area contributed by atoms with Crippen LogP contribution in [0.25, 0.3) is 0 Å². The molecule has 0 unspecified atom stereocenters. The fourth-order valence-corrected chi connectivity index (χ4v) is 3.17. The largest absolute Gasteiger partial charge is 0.376 e. The van der Waals surface area contributed by atoms with Gasteiger partial charge in [-0.2, -0.15) is 5.10 Å². The predicted octanol–water partition coefficient (Wildman–Crippen LogP) is 4.73. The first-order chi connectivity index (χ1) is 13.6. The van der Waals surface area contributed by atoms with Gasteiger partial charge in [0.15, 0.2) is 0 Å². The fraction of sp³-hybridized carbons (Fsp3) is 0.167. The Morgan fingerprint density at radius 2 is 1.39 bits per heavy atom. The summed E-state index contributed by atoms with van der Waals surface area (Å²) in [6, 6.07) is 28.3. The van der Waals surface area contributed by atoms with Gasteiger partial charge in [-0.3, -0.25) is 4.79 Å². The van der Waals surface area contributed by atoms with Gasteiger partial charge >= 0.3 is 0 Å². The molecule has 0 atom stereocenters. The van der Waals surface area contributed by atoms with Crippen LogP contribution >= 0.6 is 0 Å². The van der Waals surface area contributed by atoms with Gasteiger partial charge in [-0.15, -0.1) is 0 Å². The number of amides is 1. The molecule has 28 heavy (non-hydrogen) atoms. The van der Waals surface area contributed by atoms with Gasteiger partial charge in [0.05, 0.1) is 6.54 Å². The van der Waals surface area contributed by atoms with Crippen molar-refractivity contribution in [3.8, 4) is 0 Å². The molecule has 4 nitrogen and oxygen atoms in total. The summed E-state index contributed by atoms with van der Waals surface area (Å²) in [5.74, 6) is -0.186. The third-order valence-electron chi connectivity index (χ3n) is 4.63. The smallest absolute Gasteiger partial charge is 0.259 e. The highest BCUT2D eigenvalue weighted by atomic mass is 16.2. The van der Waals surface area contributed by atoms with Crippen LogP contribution in [0.15, 0.2) is 90.0 Å². The topological polar surface area (TPSA) is 53.5 Å². The lowest BCUT2D eigenvalue weighted by atomic mass is 9.88. The van der Waals surface area contributed by atoms with Gasteiger partial charge < -0.3 is 5.32 Å². The van der Waals surface area contributed by atoms with Crippen LogP contribution in [0.3, 0.4) is 0 Å².